The average molecular weight is 218 g/mol. The molecule has 1 rings (SSSR count). The SMILES string of the molecule is CCN=CC=C(N)c1ccc(OC)c(C)c1. The van der Waals surface area contributed by atoms with Gasteiger partial charge in [0, 0.05) is 18.5 Å². The third-order valence-electron chi connectivity index (χ3n) is 2.27. The number of nitrogens with zero attached hydrogens (tertiary/aromatic N) is 1. The first kappa shape index (κ1) is 12.3. The fourth-order valence-electron chi connectivity index (χ4n) is 1.39. The van der Waals surface area contributed by atoms with Gasteiger partial charge in [0.15, 0.2) is 0 Å². The zero-order valence-electron chi connectivity index (χ0n) is 10.0. The molecule has 0 aliphatic heterocycles. The molecule has 0 saturated carbocycles. The summed E-state index contributed by atoms with van der Waals surface area (Å²) in [5.41, 5.74) is 8.70. The molecular formula is C13H18N2O. The Kier molecular flexibility index (Phi) is 4.58. The van der Waals surface area contributed by atoms with Crippen LogP contribution in [-0.4, -0.2) is 19.9 Å². The Bertz CT molecular complexity index is 408. The predicted molar refractivity (Wildman–Crippen MR) is 68.9 cm³/mol. The maximum atomic E-state index is 5.93. The number of hydrogen-bond acceptors (Lipinski definition) is 3. The van der Waals surface area contributed by atoms with Crippen LogP contribution in [0, 0.1) is 6.92 Å². The standard InChI is InChI=1S/C13H18N2O/c1-4-15-8-7-12(14)11-5-6-13(16-3)10(2)9-11/h5-9H,4,14H2,1-3H3. The van der Waals surface area contributed by atoms with E-state index < -0.39 is 0 Å². The van der Waals surface area contributed by atoms with Crippen LogP contribution in [-0.2, 0) is 0 Å². The molecule has 1 aromatic carbocycles. The molecule has 0 saturated heterocycles. The van der Waals surface area contributed by atoms with E-state index in [1.165, 1.54) is 0 Å². The highest BCUT2D eigenvalue weighted by Crippen LogP contribution is 2.20. The van der Waals surface area contributed by atoms with Gasteiger partial charge in [-0.3, -0.25) is 4.99 Å². The summed E-state index contributed by atoms with van der Waals surface area (Å²) < 4.78 is 5.19. The van der Waals surface area contributed by atoms with Crippen LogP contribution in [0.2, 0.25) is 0 Å². The molecule has 0 amide bonds. The first-order valence-electron chi connectivity index (χ1n) is 5.29. The normalized spacial score (nSPS) is 12.1. The summed E-state index contributed by atoms with van der Waals surface area (Å²) in [7, 11) is 1.66. The van der Waals surface area contributed by atoms with Crippen molar-refractivity contribution < 1.29 is 4.74 Å². The quantitative estimate of drug-likeness (QED) is 0.789. The molecule has 0 atom stereocenters. The molecule has 16 heavy (non-hydrogen) atoms. The fourth-order valence-corrected chi connectivity index (χ4v) is 1.39. The first-order valence-corrected chi connectivity index (χ1v) is 5.29. The van der Waals surface area contributed by atoms with Crippen LogP contribution in [0.5, 0.6) is 5.75 Å². The number of allylic oxidation sites excluding steroid dienone is 1. The molecule has 0 unspecified atom stereocenters. The maximum Gasteiger partial charge on any atom is 0.121 e. The highest BCUT2D eigenvalue weighted by molar-refractivity contribution is 5.83. The molecular weight excluding hydrogens is 200 g/mol. The Hall–Kier alpha value is -1.77. The number of rotatable bonds is 4. The second-order valence-electron chi connectivity index (χ2n) is 3.45. The molecule has 3 nitrogen and oxygen atoms in total. The second kappa shape index (κ2) is 5.95. The van der Waals surface area contributed by atoms with E-state index in [1.54, 1.807) is 13.3 Å². The number of nitrogens with two attached hydrogens (primary N) is 1. The molecule has 0 bridgehead atoms. The van der Waals surface area contributed by atoms with Gasteiger partial charge in [0.2, 0.25) is 0 Å². The molecule has 0 aromatic heterocycles. The Morgan fingerprint density at radius 3 is 2.81 bits per heavy atom. The van der Waals surface area contributed by atoms with E-state index >= 15 is 0 Å². The first-order chi connectivity index (χ1) is 7.69. The van der Waals surface area contributed by atoms with Gasteiger partial charge in [0.25, 0.3) is 0 Å². The van der Waals surface area contributed by atoms with E-state index in [0.29, 0.717) is 5.70 Å². The number of hydrogen-bond donors (Lipinski definition) is 1. The van der Waals surface area contributed by atoms with Crippen molar-refractivity contribution in [1.82, 2.24) is 0 Å². The summed E-state index contributed by atoms with van der Waals surface area (Å²) >= 11 is 0. The van der Waals surface area contributed by atoms with Gasteiger partial charge >= 0.3 is 0 Å². The molecule has 0 spiro atoms. The third kappa shape index (κ3) is 3.12. The molecule has 86 valence electrons. The van der Waals surface area contributed by atoms with Crippen LogP contribution in [0.3, 0.4) is 0 Å². The smallest absolute Gasteiger partial charge is 0.121 e. The van der Waals surface area contributed by atoms with Crippen molar-refractivity contribution in [3.8, 4) is 5.75 Å². The second-order valence-corrected chi connectivity index (χ2v) is 3.45. The van der Waals surface area contributed by atoms with Gasteiger partial charge in [-0.2, -0.15) is 0 Å². The largest absolute Gasteiger partial charge is 0.496 e. The zero-order valence-corrected chi connectivity index (χ0v) is 10.0. The summed E-state index contributed by atoms with van der Waals surface area (Å²) in [5.74, 6) is 0.874. The van der Waals surface area contributed by atoms with Crippen molar-refractivity contribution >= 4 is 11.9 Å². The lowest BCUT2D eigenvalue weighted by Crippen LogP contribution is -1.98. The molecule has 2 N–H and O–H groups in total. The average Bonchev–Trinajstić information content (AvgIpc) is 2.29. The van der Waals surface area contributed by atoms with Gasteiger partial charge < -0.3 is 10.5 Å². The number of methoxy groups -OCH3 is 1. The lowest BCUT2D eigenvalue weighted by atomic mass is 10.1. The molecule has 1 aromatic rings. The van der Waals surface area contributed by atoms with Gasteiger partial charge in [-0.15, -0.1) is 0 Å². The molecule has 0 aliphatic rings. The van der Waals surface area contributed by atoms with Gasteiger partial charge in [-0.05, 0) is 49.2 Å². The monoisotopic (exact) mass is 218 g/mol. The Balaban J connectivity index is 2.92. The lowest BCUT2D eigenvalue weighted by molar-refractivity contribution is 0.411. The highest BCUT2D eigenvalue weighted by Gasteiger charge is 2.01. The minimum absolute atomic E-state index is 0.711. The Morgan fingerprint density at radius 1 is 1.50 bits per heavy atom. The van der Waals surface area contributed by atoms with E-state index in [0.717, 1.165) is 23.4 Å². The van der Waals surface area contributed by atoms with Crippen LogP contribution in [0.4, 0.5) is 0 Å². The van der Waals surface area contributed by atoms with Crippen molar-refractivity contribution in [2.24, 2.45) is 10.7 Å². The summed E-state index contributed by atoms with van der Waals surface area (Å²) in [4.78, 5) is 4.09. The van der Waals surface area contributed by atoms with E-state index in [4.69, 9.17) is 10.5 Å². The number of benzene rings is 1. The summed E-state index contributed by atoms with van der Waals surface area (Å²) in [6, 6.07) is 5.87. The fraction of sp³-hybridized carbons (Fsp3) is 0.308. The van der Waals surface area contributed by atoms with E-state index in [-0.39, 0.29) is 0 Å². The molecule has 0 radical (unpaired) electrons. The number of aryl methyl sites for hydroxylation is 1. The van der Waals surface area contributed by atoms with E-state index in [9.17, 15) is 0 Å². The molecule has 3 heteroatoms. The van der Waals surface area contributed by atoms with Gasteiger partial charge in [-0.25, -0.2) is 0 Å². The summed E-state index contributed by atoms with van der Waals surface area (Å²) in [6.07, 6.45) is 3.54. The lowest BCUT2D eigenvalue weighted by Gasteiger charge is -2.07. The van der Waals surface area contributed by atoms with Crippen LogP contribution in [0.25, 0.3) is 5.70 Å². The molecule has 0 heterocycles. The van der Waals surface area contributed by atoms with Crippen LogP contribution in [0.15, 0.2) is 29.3 Å². The molecule has 0 fully saturated rings. The number of ether oxygens (including phenoxy) is 1. The zero-order chi connectivity index (χ0) is 12.0. The van der Waals surface area contributed by atoms with Gasteiger partial charge in [-0.1, -0.05) is 0 Å². The van der Waals surface area contributed by atoms with Crippen LogP contribution in [0.1, 0.15) is 18.1 Å². The van der Waals surface area contributed by atoms with E-state index in [1.807, 2.05) is 38.1 Å². The topological polar surface area (TPSA) is 47.6 Å². The number of aliphatic imine (C=N–C) groups is 1. The minimum Gasteiger partial charge on any atom is -0.496 e. The minimum atomic E-state index is 0.711. The van der Waals surface area contributed by atoms with Crippen molar-refractivity contribution in [3.05, 3.63) is 35.4 Å². The Labute approximate surface area is 96.6 Å². The predicted octanol–water partition coefficient (Wildman–Crippen LogP) is 2.39. The van der Waals surface area contributed by atoms with Crippen LogP contribution >= 0.6 is 0 Å². The van der Waals surface area contributed by atoms with Crippen molar-refractivity contribution in [2.75, 3.05) is 13.7 Å². The van der Waals surface area contributed by atoms with Crippen molar-refractivity contribution in [2.45, 2.75) is 13.8 Å². The van der Waals surface area contributed by atoms with Gasteiger partial charge in [0.1, 0.15) is 5.75 Å². The Morgan fingerprint density at radius 2 is 2.25 bits per heavy atom. The van der Waals surface area contributed by atoms with Crippen LogP contribution < -0.4 is 10.5 Å². The van der Waals surface area contributed by atoms with Crippen molar-refractivity contribution in [3.63, 3.8) is 0 Å². The molecule has 0 aliphatic carbocycles. The van der Waals surface area contributed by atoms with E-state index in [2.05, 4.69) is 4.99 Å². The van der Waals surface area contributed by atoms with Crippen molar-refractivity contribution in [1.29, 1.82) is 0 Å². The maximum absolute atomic E-state index is 5.93. The highest BCUT2D eigenvalue weighted by atomic mass is 16.5. The summed E-state index contributed by atoms with van der Waals surface area (Å²) in [6.45, 7) is 4.75. The summed E-state index contributed by atoms with van der Waals surface area (Å²) in [5, 5.41) is 0. The van der Waals surface area contributed by atoms with Gasteiger partial charge in [0.05, 0.1) is 7.11 Å². The third-order valence-corrected chi connectivity index (χ3v) is 2.27.